The molecule has 1 fully saturated rings. The van der Waals surface area contributed by atoms with E-state index in [0.29, 0.717) is 11.8 Å². The Kier molecular flexibility index (Phi) is 5.87. The molecule has 30 heavy (non-hydrogen) atoms. The molecule has 0 saturated carbocycles. The van der Waals surface area contributed by atoms with Gasteiger partial charge in [0.2, 0.25) is 11.8 Å². The van der Waals surface area contributed by atoms with E-state index >= 15 is 0 Å². The number of hydrogen-bond donors (Lipinski definition) is 0. The number of aryl methyl sites for hydroxylation is 1. The summed E-state index contributed by atoms with van der Waals surface area (Å²) in [6.07, 6.45) is 5.12. The third kappa shape index (κ3) is 4.40. The molecule has 1 aromatic carbocycles. The minimum absolute atomic E-state index is 0.237. The van der Waals surface area contributed by atoms with Crippen LogP contribution in [0.4, 0.5) is 5.95 Å². The average molecular weight is 408 g/mol. The number of aromatic nitrogens is 5. The number of hydrogen-bond acceptors (Lipinski definition) is 9. The Bertz CT molecular complexity index is 968. The van der Waals surface area contributed by atoms with Gasteiger partial charge in [-0.25, -0.2) is 4.98 Å². The topological polar surface area (TPSA) is 95.4 Å². The highest BCUT2D eigenvalue weighted by Crippen LogP contribution is 2.34. The molecule has 1 aliphatic rings. The summed E-state index contributed by atoms with van der Waals surface area (Å²) in [7, 11) is 3.04. The number of piperidine rings is 1. The van der Waals surface area contributed by atoms with Gasteiger partial charge in [-0.15, -0.1) is 4.98 Å². The van der Waals surface area contributed by atoms with E-state index in [1.54, 1.807) is 12.4 Å². The van der Waals surface area contributed by atoms with Gasteiger partial charge in [-0.05, 0) is 31.9 Å². The Hall–Kier alpha value is -3.49. The molecule has 2 aromatic heterocycles. The van der Waals surface area contributed by atoms with Crippen LogP contribution in [0.15, 0.2) is 36.7 Å². The van der Waals surface area contributed by atoms with E-state index < -0.39 is 0 Å². The molecular formula is C21H24N6O3. The van der Waals surface area contributed by atoms with Crippen molar-refractivity contribution in [3.63, 3.8) is 0 Å². The second-order valence-electron chi connectivity index (χ2n) is 7.03. The van der Waals surface area contributed by atoms with Crippen molar-refractivity contribution < 1.29 is 14.2 Å². The number of ether oxygens (including phenoxy) is 3. The number of methoxy groups -OCH3 is 2. The molecule has 0 amide bonds. The van der Waals surface area contributed by atoms with Gasteiger partial charge in [0, 0.05) is 31.4 Å². The normalized spacial score (nSPS) is 14.4. The van der Waals surface area contributed by atoms with Gasteiger partial charge in [0.05, 0.1) is 14.2 Å². The Morgan fingerprint density at radius 1 is 0.867 bits per heavy atom. The highest BCUT2D eigenvalue weighted by Gasteiger charge is 2.27. The number of anilines is 1. The summed E-state index contributed by atoms with van der Waals surface area (Å²) >= 11 is 0. The van der Waals surface area contributed by atoms with Gasteiger partial charge < -0.3 is 19.1 Å². The molecule has 4 rings (SSSR count). The number of benzene rings is 1. The van der Waals surface area contributed by atoms with Gasteiger partial charge in [0.25, 0.3) is 0 Å². The van der Waals surface area contributed by atoms with E-state index in [2.05, 4.69) is 29.8 Å². The highest BCUT2D eigenvalue weighted by molar-refractivity contribution is 5.36. The fraction of sp³-hybridized carbons (Fsp3) is 0.381. The van der Waals surface area contributed by atoms with Crippen LogP contribution in [0, 0.1) is 6.92 Å². The van der Waals surface area contributed by atoms with Crippen LogP contribution in [0.1, 0.15) is 30.0 Å². The quantitative estimate of drug-likeness (QED) is 0.609. The Morgan fingerprint density at radius 2 is 1.50 bits per heavy atom. The van der Waals surface area contributed by atoms with E-state index in [9.17, 15) is 0 Å². The van der Waals surface area contributed by atoms with E-state index in [4.69, 9.17) is 14.2 Å². The third-order valence-electron chi connectivity index (χ3n) is 5.04. The molecule has 1 saturated heterocycles. The van der Waals surface area contributed by atoms with Crippen molar-refractivity contribution in [1.82, 2.24) is 24.9 Å². The minimum Gasteiger partial charge on any atom is -0.467 e. The zero-order valence-corrected chi connectivity index (χ0v) is 17.3. The predicted octanol–water partition coefficient (Wildman–Crippen LogP) is 3.16. The summed E-state index contributed by atoms with van der Waals surface area (Å²) in [6, 6.07) is 8.39. The van der Waals surface area contributed by atoms with Gasteiger partial charge in [-0.2, -0.15) is 9.97 Å². The van der Waals surface area contributed by atoms with Gasteiger partial charge in [0.1, 0.15) is 11.4 Å². The summed E-state index contributed by atoms with van der Waals surface area (Å²) < 4.78 is 16.3. The second kappa shape index (κ2) is 8.89. The lowest BCUT2D eigenvalue weighted by atomic mass is 9.93. The first-order valence-electron chi connectivity index (χ1n) is 9.80. The van der Waals surface area contributed by atoms with Crippen LogP contribution >= 0.6 is 0 Å². The Labute approximate surface area is 175 Å². The zero-order valence-electron chi connectivity index (χ0n) is 17.3. The van der Waals surface area contributed by atoms with Gasteiger partial charge in [0.15, 0.2) is 0 Å². The largest absolute Gasteiger partial charge is 0.467 e. The van der Waals surface area contributed by atoms with Crippen molar-refractivity contribution in [3.05, 3.63) is 47.9 Å². The maximum Gasteiger partial charge on any atom is 0.324 e. The molecule has 3 heterocycles. The second-order valence-corrected chi connectivity index (χ2v) is 7.03. The molecule has 0 unspecified atom stereocenters. The summed E-state index contributed by atoms with van der Waals surface area (Å²) in [5, 5.41) is 0. The lowest BCUT2D eigenvalue weighted by Gasteiger charge is -2.31. The van der Waals surface area contributed by atoms with Crippen LogP contribution in [0.5, 0.6) is 23.7 Å². The molecule has 0 N–H and O–H groups in total. The monoisotopic (exact) mass is 408 g/mol. The first kappa shape index (κ1) is 19.8. The fourth-order valence-corrected chi connectivity index (χ4v) is 3.42. The molecule has 0 bridgehead atoms. The summed E-state index contributed by atoms with van der Waals surface area (Å²) in [6.45, 7) is 3.58. The van der Waals surface area contributed by atoms with Crippen molar-refractivity contribution >= 4 is 5.95 Å². The molecule has 3 aromatic rings. The predicted molar refractivity (Wildman–Crippen MR) is 110 cm³/mol. The van der Waals surface area contributed by atoms with E-state index in [1.807, 2.05) is 31.2 Å². The molecule has 0 aliphatic carbocycles. The van der Waals surface area contributed by atoms with E-state index in [-0.39, 0.29) is 17.9 Å². The van der Waals surface area contributed by atoms with Crippen LogP contribution < -0.4 is 19.1 Å². The van der Waals surface area contributed by atoms with Gasteiger partial charge >= 0.3 is 12.0 Å². The molecular weight excluding hydrogens is 384 g/mol. The molecule has 9 heteroatoms. The van der Waals surface area contributed by atoms with Crippen molar-refractivity contribution in [1.29, 1.82) is 0 Å². The SMILES string of the molecule is COc1nc(OC)nc(N2CCC(c3nccnc3Oc3ccc(C)cc3)CC2)n1. The van der Waals surface area contributed by atoms with Crippen LogP contribution in [0.3, 0.4) is 0 Å². The first-order chi connectivity index (χ1) is 14.7. The highest BCUT2D eigenvalue weighted by atomic mass is 16.5. The molecule has 156 valence electrons. The van der Waals surface area contributed by atoms with Crippen molar-refractivity contribution in [2.24, 2.45) is 0 Å². The summed E-state index contributed by atoms with van der Waals surface area (Å²) in [4.78, 5) is 23.9. The summed E-state index contributed by atoms with van der Waals surface area (Å²) in [5.41, 5.74) is 2.06. The first-order valence-corrected chi connectivity index (χ1v) is 9.80. The summed E-state index contributed by atoms with van der Waals surface area (Å²) in [5.74, 6) is 2.10. The van der Waals surface area contributed by atoms with Gasteiger partial charge in [-0.3, -0.25) is 4.98 Å². The average Bonchev–Trinajstić information content (AvgIpc) is 2.80. The lowest BCUT2D eigenvalue weighted by Crippen LogP contribution is -2.34. The van der Waals surface area contributed by atoms with Crippen molar-refractivity contribution in [3.8, 4) is 23.7 Å². The standard InChI is InChI=1S/C21H24N6O3/c1-14-4-6-16(7-5-14)30-18-17(22-10-11-23-18)15-8-12-27(13-9-15)19-24-20(28-2)26-21(25-19)29-3/h4-7,10-11,15H,8-9,12-13H2,1-3H3. The van der Waals surface area contributed by atoms with Crippen LogP contribution in [-0.4, -0.2) is 52.2 Å². The number of rotatable bonds is 6. The number of nitrogens with zero attached hydrogens (tertiary/aromatic N) is 6. The maximum absolute atomic E-state index is 6.04. The Balaban J connectivity index is 1.48. The van der Waals surface area contributed by atoms with E-state index in [1.165, 1.54) is 19.8 Å². The molecule has 1 aliphatic heterocycles. The zero-order chi connectivity index (χ0) is 20.9. The third-order valence-corrected chi connectivity index (χ3v) is 5.04. The lowest BCUT2D eigenvalue weighted by molar-refractivity contribution is 0.338. The van der Waals surface area contributed by atoms with Gasteiger partial charge in [-0.1, -0.05) is 17.7 Å². The molecule has 0 radical (unpaired) electrons. The minimum atomic E-state index is 0.237. The van der Waals surface area contributed by atoms with Crippen molar-refractivity contribution in [2.75, 3.05) is 32.2 Å². The molecule has 9 nitrogen and oxygen atoms in total. The van der Waals surface area contributed by atoms with Crippen LogP contribution in [0.25, 0.3) is 0 Å². The molecule has 0 spiro atoms. The van der Waals surface area contributed by atoms with Crippen LogP contribution in [0.2, 0.25) is 0 Å². The fourth-order valence-electron chi connectivity index (χ4n) is 3.42. The van der Waals surface area contributed by atoms with Crippen LogP contribution in [-0.2, 0) is 0 Å². The van der Waals surface area contributed by atoms with E-state index in [0.717, 1.165) is 37.4 Å². The Morgan fingerprint density at radius 3 is 2.13 bits per heavy atom. The smallest absolute Gasteiger partial charge is 0.324 e. The van der Waals surface area contributed by atoms with Crippen molar-refractivity contribution in [2.45, 2.75) is 25.7 Å². The maximum atomic E-state index is 6.04. The molecule has 0 atom stereocenters.